The Balaban J connectivity index is 2.38. The first kappa shape index (κ1) is 6.89. The molecule has 2 nitrogen and oxygen atoms in total. The molecule has 0 spiro atoms. The van der Waals surface area contributed by atoms with Gasteiger partial charge >= 0.3 is 0 Å². The van der Waals surface area contributed by atoms with E-state index in [1.54, 1.807) is 0 Å². The van der Waals surface area contributed by atoms with E-state index in [1.807, 2.05) is 6.20 Å². The molecular weight excluding hydrogens is 136 g/mol. The summed E-state index contributed by atoms with van der Waals surface area (Å²) in [5.41, 5.74) is 2.97. The van der Waals surface area contributed by atoms with Gasteiger partial charge in [0.1, 0.15) is 0 Å². The quantitative estimate of drug-likeness (QED) is 0.596. The molecule has 2 rings (SSSR count). The van der Waals surface area contributed by atoms with Crippen LogP contribution >= 0.6 is 0 Å². The molecule has 0 aliphatic heterocycles. The van der Waals surface area contributed by atoms with Crippen molar-refractivity contribution in [3.8, 4) is 0 Å². The summed E-state index contributed by atoms with van der Waals surface area (Å²) in [5.74, 6) is 0. The molecule has 0 unspecified atom stereocenters. The molecule has 1 aromatic heterocycles. The van der Waals surface area contributed by atoms with Crippen LogP contribution in [0.25, 0.3) is 0 Å². The average molecular weight is 150 g/mol. The third-order valence-corrected chi connectivity index (χ3v) is 2.44. The standard InChI is InChI=1S/C9H14N2/c1-2-11-9-6-4-3-5-8(9)7-10-11/h7H,2-6H2,1H3. The van der Waals surface area contributed by atoms with Gasteiger partial charge in [-0.05, 0) is 38.2 Å². The van der Waals surface area contributed by atoms with Crippen molar-refractivity contribution in [3.05, 3.63) is 17.5 Å². The molecule has 0 amide bonds. The van der Waals surface area contributed by atoms with Crippen LogP contribution in [0.2, 0.25) is 0 Å². The maximum Gasteiger partial charge on any atom is 0.0524 e. The minimum atomic E-state index is 1.02. The molecule has 0 fully saturated rings. The summed E-state index contributed by atoms with van der Waals surface area (Å²) in [6, 6.07) is 0. The SMILES string of the molecule is CCn1ncc2c1CCCC2. The van der Waals surface area contributed by atoms with E-state index in [4.69, 9.17) is 0 Å². The van der Waals surface area contributed by atoms with Gasteiger partial charge in [-0.25, -0.2) is 0 Å². The molecule has 0 aromatic carbocycles. The minimum Gasteiger partial charge on any atom is -0.270 e. The zero-order valence-corrected chi connectivity index (χ0v) is 7.01. The van der Waals surface area contributed by atoms with Crippen molar-refractivity contribution in [2.24, 2.45) is 0 Å². The first-order valence-electron chi connectivity index (χ1n) is 4.45. The van der Waals surface area contributed by atoms with Crippen LogP contribution in [0, 0.1) is 0 Å². The first-order chi connectivity index (χ1) is 5.42. The Morgan fingerprint density at radius 2 is 2.27 bits per heavy atom. The molecule has 2 heteroatoms. The second kappa shape index (κ2) is 2.68. The Bertz CT molecular complexity index is 237. The molecule has 11 heavy (non-hydrogen) atoms. The van der Waals surface area contributed by atoms with Gasteiger partial charge in [0.05, 0.1) is 6.20 Å². The highest BCUT2D eigenvalue weighted by atomic mass is 15.3. The molecule has 1 aromatic rings. The monoisotopic (exact) mass is 150 g/mol. The number of hydrogen-bond donors (Lipinski definition) is 0. The number of nitrogens with zero attached hydrogens (tertiary/aromatic N) is 2. The Morgan fingerprint density at radius 3 is 3.09 bits per heavy atom. The zero-order chi connectivity index (χ0) is 7.68. The van der Waals surface area contributed by atoms with Crippen molar-refractivity contribution >= 4 is 0 Å². The molecule has 0 atom stereocenters. The van der Waals surface area contributed by atoms with E-state index in [-0.39, 0.29) is 0 Å². The average Bonchev–Trinajstić information content (AvgIpc) is 2.47. The molecule has 0 bridgehead atoms. The molecule has 0 radical (unpaired) electrons. The Morgan fingerprint density at radius 1 is 1.45 bits per heavy atom. The second-order valence-corrected chi connectivity index (χ2v) is 3.14. The highest BCUT2D eigenvalue weighted by Gasteiger charge is 2.13. The lowest BCUT2D eigenvalue weighted by Gasteiger charge is -2.12. The number of hydrogen-bond acceptors (Lipinski definition) is 1. The van der Waals surface area contributed by atoms with Gasteiger partial charge in [0, 0.05) is 12.2 Å². The Hall–Kier alpha value is -0.790. The summed E-state index contributed by atoms with van der Waals surface area (Å²) in [5, 5.41) is 4.33. The van der Waals surface area contributed by atoms with Crippen molar-refractivity contribution in [2.75, 3.05) is 0 Å². The lowest BCUT2D eigenvalue weighted by molar-refractivity contribution is 0.581. The van der Waals surface area contributed by atoms with Crippen LogP contribution < -0.4 is 0 Å². The van der Waals surface area contributed by atoms with Crippen LogP contribution in [0.15, 0.2) is 6.20 Å². The van der Waals surface area contributed by atoms with Gasteiger partial charge in [-0.1, -0.05) is 0 Å². The van der Waals surface area contributed by atoms with Crippen LogP contribution in [0.5, 0.6) is 0 Å². The maximum absolute atomic E-state index is 4.33. The van der Waals surface area contributed by atoms with Crippen LogP contribution in [-0.2, 0) is 19.4 Å². The normalized spacial score (nSPS) is 16.5. The van der Waals surface area contributed by atoms with E-state index in [0.29, 0.717) is 0 Å². The maximum atomic E-state index is 4.33. The summed E-state index contributed by atoms with van der Waals surface area (Å²) < 4.78 is 2.13. The summed E-state index contributed by atoms with van der Waals surface area (Å²) in [6.45, 7) is 3.18. The third-order valence-electron chi connectivity index (χ3n) is 2.44. The molecule has 1 aliphatic carbocycles. The Labute approximate surface area is 67.2 Å². The van der Waals surface area contributed by atoms with E-state index in [1.165, 1.54) is 36.9 Å². The number of rotatable bonds is 1. The summed E-state index contributed by atoms with van der Waals surface area (Å²) >= 11 is 0. The minimum absolute atomic E-state index is 1.02. The van der Waals surface area contributed by atoms with Crippen LogP contribution in [0.3, 0.4) is 0 Å². The largest absolute Gasteiger partial charge is 0.270 e. The highest BCUT2D eigenvalue weighted by Crippen LogP contribution is 2.20. The summed E-state index contributed by atoms with van der Waals surface area (Å²) in [7, 11) is 0. The van der Waals surface area contributed by atoms with E-state index >= 15 is 0 Å². The van der Waals surface area contributed by atoms with Gasteiger partial charge in [0.15, 0.2) is 0 Å². The van der Waals surface area contributed by atoms with Gasteiger partial charge < -0.3 is 0 Å². The van der Waals surface area contributed by atoms with E-state index in [2.05, 4.69) is 16.7 Å². The molecule has 0 N–H and O–H groups in total. The van der Waals surface area contributed by atoms with Crippen molar-refractivity contribution in [3.63, 3.8) is 0 Å². The second-order valence-electron chi connectivity index (χ2n) is 3.14. The van der Waals surface area contributed by atoms with E-state index < -0.39 is 0 Å². The highest BCUT2D eigenvalue weighted by molar-refractivity contribution is 5.20. The smallest absolute Gasteiger partial charge is 0.0524 e. The van der Waals surface area contributed by atoms with Crippen LogP contribution in [0.1, 0.15) is 31.0 Å². The van der Waals surface area contributed by atoms with Gasteiger partial charge in [-0.3, -0.25) is 4.68 Å². The molecule has 0 saturated heterocycles. The lowest BCUT2D eigenvalue weighted by Crippen LogP contribution is -2.07. The van der Waals surface area contributed by atoms with Crippen molar-refractivity contribution in [1.82, 2.24) is 9.78 Å². The third kappa shape index (κ3) is 1.06. The Kier molecular flexibility index (Phi) is 1.68. The topological polar surface area (TPSA) is 17.8 Å². The molecule has 1 aliphatic rings. The lowest BCUT2D eigenvalue weighted by atomic mass is 9.98. The van der Waals surface area contributed by atoms with Crippen molar-refractivity contribution < 1.29 is 0 Å². The molecular formula is C9H14N2. The molecule has 60 valence electrons. The van der Waals surface area contributed by atoms with Gasteiger partial charge in [0.25, 0.3) is 0 Å². The van der Waals surface area contributed by atoms with Crippen molar-refractivity contribution in [2.45, 2.75) is 39.2 Å². The fraction of sp³-hybridized carbons (Fsp3) is 0.667. The molecule has 0 saturated carbocycles. The zero-order valence-electron chi connectivity index (χ0n) is 7.01. The number of aryl methyl sites for hydroxylation is 2. The molecule has 1 heterocycles. The van der Waals surface area contributed by atoms with Gasteiger partial charge in [-0.2, -0.15) is 5.10 Å². The summed E-state index contributed by atoms with van der Waals surface area (Å²) in [6.07, 6.45) is 7.22. The number of aromatic nitrogens is 2. The summed E-state index contributed by atoms with van der Waals surface area (Å²) in [4.78, 5) is 0. The fourth-order valence-electron chi connectivity index (χ4n) is 1.83. The number of fused-ring (bicyclic) bond motifs is 1. The van der Waals surface area contributed by atoms with Gasteiger partial charge in [0.2, 0.25) is 0 Å². The van der Waals surface area contributed by atoms with E-state index in [0.717, 1.165) is 6.54 Å². The van der Waals surface area contributed by atoms with Crippen molar-refractivity contribution in [1.29, 1.82) is 0 Å². The van der Waals surface area contributed by atoms with Crippen LogP contribution in [-0.4, -0.2) is 9.78 Å². The first-order valence-corrected chi connectivity index (χ1v) is 4.45. The van der Waals surface area contributed by atoms with E-state index in [9.17, 15) is 0 Å². The van der Waals surface area contributed by atoms with Gasteiger partial charge in [-0.15, -0.1) is 0 Å². The fourth-order valence-corrected chi connectivity index (χ4v) is 1.83. The predicted octanol–water partition coefficient (Wildman–Crippen LogP) is 1.78. The predicted molar refractivity (Wildman–Crippen MR) is 44.5 cm³/mol. The van der Waals surface area contributed by atoms with Crippen LogP contribution in [0.4, 0.5) is 0 Å².